The summed E-state index contributed by atoms with van der Waals surface area (Å²) in [5.74, 6) is 0.556. The quantitative estimate of drug-likeness (QED) is 0.745. The summed E-state index contributed by atoms with van der Waals surface area (Å²) in [4.78, 5) is 0. The van der Waals surface area contributed by atoms with Crippen molar-refractivity contribution in [3.8, 4) is 0 Å². The molecule has 2 aromatic carbocycles. The molecule has 2 nitrogen and oxygen atoms in total. The number of anilines is 1. The summed E-state index contributed by atoms with van der Waals surface area (Å²) in [6, 6.07) is 14.8. The number of furan rings is 1. The molecule has 0 aliphatic carbocycles. The van der Waals surface area contributed by atoms with Crippen LogP contribution in [0.15, 0.2) is 52.9 Å². The molecule has 3 rings (SSSR count). The average Bonchev–Trinajstić information content (AvgIpc) is 2.81. The number of benzene rings is 2. The van der Waals surface area contributed by atoms with E-state index in [-0.39, 0.29) is 5.82 Å². The van der Waals surface area contributed by atoms with Gasteiger partial charge in [0.1, 0.15) is 17.2 Å². The summed E-state index contributed by atoms with van der Waals surface area (Å²) in [5, 5.41) is 4.15. The highest BCUT2D eigenvalue weighted by Gasteiger charge is 2.07. The first-order chi connectivity index (χ1) is 9.24. The number of rotatable bonds is 3. The minimum absolute atomic E-state index is 0.240. The van der Waals surface area contributed by atoms with Gasteiger partial charge in [0, 0.05) is 5.39 Å². The Bertz CT molecular complexity index is 664. The lowest BCUT2D eigenvalue weighted by molar-refractivity contribution is 0.557. The zero-order chi connectivity index (χ0) is 13.2. The van der Waals surface area contributed by atoms with Crippen LogP contribution in [0.1, 0.15) is 11.3 Å². The van der Waals surface area contributed by atoms with Gasteiger partial charge in [-0.1, -0.05) is 30.3 Å². The number of nitrogens with one attached hydrogen (secondary N) is 1. The van der Waals surface area contributed by atoms with Crippen LogP contribution < -0.4 is 5.32 Å². The third-order valence-corrected chi connectivity index (χ3v) is 3.14. The van der Waals surface area contributed by atoms with Crippen LogP contribution in [0.3, 0.4) is 0 Å². The second-order valence-electron chi connectivity index (χ2n) is 4.54. The van der Waals surface area contributed by atoms with Gasteiger partial charge < -0.3 is 9.73 Å². The molecule has 3 aromatic rings. The topological polar surface area (TPSA) is 25.2 Å². The fourth-order valence-electron chi connectivity index (χ4n) is 2.16. The van der Waals surface area contributed by atoms with Gasteiger partial charge in [0.2, 0.25) is 0 Å². The second kappa shape index (κ2) is 4.76. The van der Waals surface area contributed by atoms with E-state index in [0.717, 1.165) is 22.3 Å². The van der Waals surface area contributed by atoms with Crippen molar-refractivity contribution in [1.82, 2.24) is 0 Å². The molecule has 0 amide bonds. The SMILES string of the molecule is Cc1cccc(F)c1NCc1cc2ccccc2o1. The molecule has 1 aromatic heterocycles. The summed E-state index contributed by atoms with van der Waals surface area (Å²) in [6.45, 7) is 2.35. The summed E-state index contributed by atoms with van der Waals surface area (Å²) in [6.07, 6.45) is 0. The van der Waals surface area contributed by atoms with Crippen LogP contribution in [-0.4, -0.2) is 0 Å². The summed E-state index contributed by atoms with van der Waals surface area (Å²) >= 11 is 0. The molecule has 0 aliphatic rings. The third kappa shape index (κ3) is 2.32. The van der Waals surface area contributed by atoms with Crippen LogP contribution in [-0.2, 0) is 6.54 Å². The number of hydrogen-bond acceptors (Lipinski definition) is 2. The van der Waals surface area contributed by atoms with Crippen LogP contribution in [0.4, 0.5) is 10.1 Å². The van der Waals surface area contributed by atoms with Crippen molar-refractivity contribution in [3.05, 3.63) is 65.7 Å². The second-order valence-corrected chi connectivity index (χ2v) is 4.54. The van der Waals surface area contributed by atoms with E-state index in [4.69, 9.17) is 4.42 Å². The largest absolute Gasteiger partial charge is 0.459 e. The lowest BCUT2D eigenvalue weighted by Gasteiger charge is -2.08. The highest BCUT2D eigenvalue weighted by molar-refractivity contribution is 5.77. The van der Waals surface area contributed by atoms with Gasteiger partial charge in [-0.05, 0) is 30.7 Å². The van der Waals surface area contributed by atoms with E-state index in [2.05, 4.69) is 5.32 Å². The molecule has 0 aliphatic heterocycles. The first-order valence-electron chi connectivity index (χ1n) is 6.20. The number of aryl methyl sites for hydroxylation is 1. The van der Waals surface area contributed by atoms with Gasteiger partial charge in [0.25, 0.3) is 0 Å². The van der Waals surface area contributed by atoms with E-state index >= 15 is 0 Å². The van der Waals surface area contributed by atoms with Crippen molar-refractivity contribution in [2.24, 2.45) is 0 Å². The summed E-state index contributed by atoms with van der Waals surface area (Å²) < 4.78 is 19.3. The average molecular weight is 255 g/mol. The lowest BCUT2D eigenvalue weighted by atomic mass is 10.2. The first kappa shape index (κ1) is 11.8. The highest BCUT2D eigenvalue weighted by Crippen LogP contribution is 2.22. The van der Waals surface area contributed by atoms with Crippen molar-refractivity contribution in [2.45, 2.75) is 13.5 Å². The summed E-state index contributed by atoms with van der Waals surface area (Å²) in [5.41, 5.74) is 2.27. The molecular formula is C16H14FNO. The molecule has 0 bridgehead atoms. The standard InChI is InChI=1S/C16H14FNO/c1-11-5-4-7-14(17)16(11)18-10-13-9-12-6-2-3-8-15(12)19-13/h2-9,18H,10H2,1H3. The van der Waals surface area contributed by atoms with Crippen molar-refractivity contribution in [3.63, 3.8) is 0 Å². The Labute approximate surface area is 110 Å². The Hall–Kier alpha value is -2.29. The molecule has 1 heterocycles. The minimum atomic E-state index is -0.240. The molecule has 0 fully saturated rings. The van der Waals surface area contributed by atoms with Gasteiger partial charge >= 0.3 is 0 Å². The predicted octanol–water partition coefficient (Wildman–Crippen LogP) is 4.49. The van der Waals surface area contributed by atoms with E-state index < -0.39 is 0 Å². The Balaban J connectivity index is 1.82. The van der Waals surface area contributed by atoms with Crippen LogP contribution in [0.2, 0.25) is 0 Å². The van der Waals surface area contributed by atoms with E-state index in [1.165, 1.54) is 6.07 Å². The maximum Gasteiger partial charge on any atom is 0.146 e. The third-order valence-electron chi connectivity index (χ3n) is 3.14. The normalized spacial score (nSPS) is 10.8. The van der Waals surface area contributed by atoms with Crippen LogP contribution in [0.5, 0.6) is 0 Å². The molecule has 0 saturated heterocycles. The van der Waals surface area contributed by atoms with E-state index in [1.807, 2.05) is 43.3 Å². The van der Waals surface area contributed by atoms with Gasteiger partial charge in [-0.2, -0.15) is 0 Å². The number of para-hydroxylation sites is 2. The zero-order valence-electron chi connectivity index (χ0n) is 10.6. The molecule has 3 heteroatoms. The fraction of sp³-hybridized carbons (Fsp3) is 0.125. The lowest BCUT2D eigenvalue weighted by Crippen LogP contribution is -2.02. The van der Waals surface area contributed by atoms with Crippen LogP contribution in [0, 0.1) is 12.7 Å². The fourth-order valence-corrected chi connectivity index (χ4v) is 2.16. The maximum absolute atomic E-state index is 13.7. The summed E-state index contributed by atoms with van der Waals surface area (Å²) in [7, 11) is 0. The molecule has 0 spiro atoms. The van der Waals surface area contributed by atoms with Gasteiger partial charge in [-0.3, -0.25) is 0 Å². The predicted molar refractivity (Wildman–Crippen MR) is 74.7 cm³/mol. The molecule has 0 saturated carbocycles. The van der Waals surface area contributed by atoms with Crippen LogP contribution >= 0.6 is 0 Å². The highest BCUT2D eigenvalue weighted by atomic mass is 19.1. The van der Waals surface area contributed by atoms with E-state index in [1.54, 1.807) is 6.07 Å². The van der Waals surface area contributed by atoms with Crippen molar-refractivity contribution < 1.29 is 8.81 Å². The Morgan fingerprint density at radius 1 is 1.11 bits per heavy atom. The molecule has 0 unspecified atom stereocenters. The Morgan fingerprint density at radius 2 is 1.95 bits per heavy atom. The Kier molecular flexibility index (Phi) is 2.95. The van der Waals surface area contributed by atoms with Crippen molar-refractivity contribution in [1.29, 1.82) is 0 Å². The van der Waals surface area contributed by atoms with Gasteiger partial charge in [0.05, 0.1) is 12.2 Å². The number of hydrogen-bond donors (Lipinski definition) is 1. The smallest absolute Gasteiger partial charge is 0.146 e. The minimum Gasteiger partial charge on any atom is -0.459 e. The first-order valence-corrected chi connectivity index (χ1v) is 6.20. The van der Waals surface area contributed by atoms with E-state index in [9.17, 15) is 4.39 Å². The molecule has 0 atom stereocenters. The molecular weight excluding hydrogens is 241 g/mol. The molecule has 96 valence electrons. The molecule has 1 N–H and O–H groups in total. The monoisotopic (exact) mass is 255 g/mol. The van der Waals surface area contributed by atoms with Gasteiger partial charge in [0.15, 0.2) is 0 Å². The number of halogens is 1. The molecule has 19 heavy (non-hydrogen) atoms. The van der Waals surface area contributed by atoms with Crippen LogP contribution in [0.25, 0.3) is 11.0 Å². The Morgan fingerprint density at radius 3 is 2.74 bits per heavy atom. The van der Waals surface area contributed by atoms with Gasteiger partial charge in [-0.25, -0.2) is 4.39 Å². The van der Waals surface area contributed by atoms with E-state index in [0.29, 0.717) is 12.2 Å². The van der Waals surface area contributed by atoms with Gasteiger partial charge in [-0.15, -0.1) is 0 Å². The molecule has 0 radical (unpaired) electrons. The maximum atomic E-state index is 13.7. The van der Waals surface area contributed by atoms with Crippen molar-refractivity contribution in [2.75, 3.05) is 5.32 Å². The van der Waals surface area contributed by atoms with Crippen molar-refractivity contribution >= 4 is 16.7 Å². The number of fused-ring (bicyclic) bond motifs is 1. The zero-order valence-corrected chi connectivity index (χ0v) is 10.6.